The molecule has 0 saturated carbocycles. The monoisotopic (exact) mass is 217 g/mol. The largest absolute Gasteiger partial charge is 0.466 e. The van der Waals surface area contributed by atoms with Gasteiger partial charge in [0.15, 0.2) is 0 Å². The Hall–Kier alpha value is -0.610. The molecule has 0 bridgehead atoms. The van der Waals surface area contributed by atoms with Gasteiger partial charge >= 0.3 is 5.97 Å². The molecule has 4 nitrogen and oxygen atoms in total. The van der Waals surface area contributed by atoms with Gasteiger partial charge in [-0.2, -0.15) is 0 Å². The van der Waals surface area contributed by atoms with Crippen LogP contribution in [0.4, 0.5) is 0 Å². The molecule has 0 fully saturated rings. The van der Waals surface area contributed by atoms with Crippen LogP contribution >= 0.6 is 0 Å². The number of hydrogen-bond acceptors (Lipinski definition) is 4. The lowest BCUT2D eigenvalue weighted by Crippen LogP contribution is -2.37. The highest BCUT2D eigenvalue weighted by atomic mass is 16.5. The van der Waals surface area contributed by atoms with Crippen LogP contribution in [0.2, 0.25) is 0 Å². The fourth-order valence-electron chi connectivity index (χ4n) is 1.37. The van der Waals surface area contributed by atoms with Gasteiger partial charge < -0.3 is 14.8 Å². The number of methoxy groups -OCH3 is 1. The number of hydrogen-bond donors (Lipinski definition) is 1. The lowest BCUT2D eigenvalue weighted by atomic mass is 9.97. The van der Waals surface area contributed by atoms with Crippen LogP contribution in [0.3, 0.4) is 0 Å². The second-order valence-corrected chi connectivity index (χ2v) is 4.16. The molecule has 0 heterocycles. The molecule has 0 aliphatic carbocycles. The van der Waals surface area contributed by atoms with Crippen molar-refractivity contribution in [2.45, 2.75) is 45.3 Å². The molecule has 0 aromatic rings. The molecule has 90 valence electrons. The third-order valence-electron chi connectivity index (χ3n) is 2.42. The van der Waals surface area contributed by atoms with Gasteiger partial charge in [0, 0.05) is 13.2 Å². The maximum atomic E-state index is 11.3. The van der Waals surface area contributed by atoms with E-state index in [2.05, 4.69) is 5.32 Å². The van der Waals surface area contributed by atoms with Crippen molar-refractivity contribution in [2.75, 3.05) is 20.8 Å². The highest BCUT2D eigenvalue weighted by Crippen LogP contribution is 2.17. The minimum atomic E-state index is -0.222. The van der Waals surface area contributed by atoms with E-state index in [1.54, 1.807) is 7.11 Å². The molecule has 0 saturated heterocycles. The zero-order chi connectivity index (χ0) is 11.9. The SMILES string of the molecule is CCOC(=O)CC(CC(C)(C)OC)NC. The number of carbonyl (C=O) groups is 1. The van der Waals surface area contributed by atoms with Crippen LogP contribution in [0.1, 0.15) is 33.6 Å². The van der Waals surface area contributed by atoms with E-state index in [0.29, 0.717) is 13.0 Å². The summed E-state index contributed by atoms with van der Waals surface area (Å²) in [6.45, 7) is 6.25. The Kier molecular flexibility index (Phi) is 6.52. The second-order valence-electron chi connectivity index (χ2n) is 4.16. The third kappa shape index (κ3) is 6.47. The number of rotatable bonds is 7. The molecule has 1 atom stereocenters. The van der Waals surface area contributed by atoms with Gasteiger partial charge in [-0.05, 0) is 34.2 Å². The van der Waals surface area contributed by atoms with Crippen LogP contribution in [0.15, 0.2) is 0 Å². The molecule has 4 heteroatoms. The van der Waals surface area contributed by atoms with Gasteiger partial charge in [-0.1, -0.05) is 0 Å². The highest BCUT2D eigenvalue weighted by molar-refractivity contribution is 5.70. The summed E-state index contributed by atoms with van der Waals surface area (Å²) in [7, 11) is 3.52. The first kappa shape index (κ1) is 14.4. The van der Waals surface area contributed by atoms with Crippen molar-refractivity contribution in [3.05, 3.63) is 0 Å². The first-order chi connectivity index (χ1) is 6.95. The van der Waals surface area contributed by atoms with E-state index in [9.17, 15) is 4.79 Å². The third-order valence-corrected chi connectivity index (χ3v) is 2.42. The fraction of sp³-hybridized carbons (Fsp3) is 0.909. The molecule has 0 aliphatic heterocycles. The quantitative estimate of drug-likeness (QED) is 0.654. The Morgan fingerprint density at radius 3 is 2.47 bits per heavy atom. The van der Waals surface area contributed by atoms with E-state index < -0.39 is 0 Å². The molecule has 1 unspecified atom stereocenters. The van der Waals surface area contributed by atoms with Crippen molar-refractivity contribution >= 4 is 5.97 Å². The Bertz CT molecular complexity index is 192. The number of carbonyl (C=O) groups excluding carboxylic acids is 1. The van der Waals surface area contributed by atoms with Gasteiger partial charge in [-0.25, -0.2) is 0 Å². The Labute approximate surface area is 92.3 Å². The lowest BCUT2D eigenvalue weighted by molar-refractivity contribution is -0.144. The number of ether oxygens (including phenoxy) is 2. The molecule has 0 spiro atoms. The maximum absolute atomic E-state index is 11.3. The van der Waals surface area contributed by atoms with Crippen molar-refractivity contribution in [3.8, 4) is 0 Å². The Morgan fingerprint density at radius 2 is 2.07 bits per heavy atom. The van der Waals surface area contributed by atoms with E-state index in [1.165, 1.54) is 0 Å². The Balaban J connectivity index is 4.08. The average Bonchev–Trinajstić information content (AvgIpc) is 2.17. The maximum Gasteiger partial charge on any atom is 0.307 e. The number of nitrogens with one attached hydrogen (secondary N) is 1. The van der Waals surface area contributed by atoms with Gasteiger partial charge in [-0.3, -0.25) is 4.79 Å². The van der Waals surface area contributed by atoms with Crippen LogP contribution in [0.5, 0.6) is 0 Å². The summed E-state index contributed by atoms with van der Waals surface area (Å²) in [4.78, 5) is 11.3. The molecule has 0 radical (unpaired) electrons. The molecule has 0 amide bonds. The zero-order valence-electron chi connectivity index (χ0n) is 10.4. The summed E-state index contributed by atoms with van der Waals surface area (Å²) in [5, 5.41) is 3.10. The second kappa shape index (κ2) is 6.80. The first-order valence-electron chi connectivity index (χ1n) is 5.33. The van der Waals surface area contributed by atoms with E-state index in [1.807, 2.05) is 27.8 Å². The van der Waals surface area contributed by atoms with Gasteiger partial charge in [0.05, 0.1) is 18.6 Å². The molecule has 1 N–H and O–H groups in total. The predicted octanol–water partition coefficient (Wildman–Crippen LogP) is 1.34. The topological polar surface area (TPSA) is 47.6 Å². The summed E-state index contributed by atoms with van der Waals surface area (Å²) >= 11 is 0. The summed E-state index contributed by atoms with van der Waals surface area (Å²) in [5.41, 5.74) is -0.222. The van der Waals surface area contributed by atoms with Gasteiger partial charge in [-0.15, -0.1) is 0 Å². The molecule has 15 heavy (non-hydrogen) atoms. The molecule has 0 aromatic carbocycles. The van der Waals surface area contributed by atoms with Crippen molar-refractivity contribution < 1.29 is 14.3 Å². The predicted molar refractivity (Wildman–Crippen MR) is 59.8 cm³/mol. The van der Waals surface area contributed by atoms with E-state index in [-0.39, 0.29) is 17.6 Å². The summed E-state index contributed by atoms with van der Waals surface area (Å²) in [6, 6.07) is 0.0963. The average molecular weight is 217 g/mol. The van der Waals surface area contributed by atoms with Crippen molar-refractivity contribution in [2.24, 2.45) is 0 Å². The van der Waals surface area contributed by atoms with Crippen LogP contribution in [0.25, 0.3) is 0 Å². The van der Waals surface area contributed by atoms with Crippen LogP contribution in [0, 0.1) is 0 Å². The van der Waals surface area contributed by atoms with Crippen molar-refractivity contribution in [1.29, 1.82) is 0 Å². The van der Waals surface area contributed by atoms with Crippen molar-refractivity contribution in [3.63, 3.8) is 0 Å². The molecular weight excluding hydrogens is 194 g/mol. The van der Waals surface area contributed by atoms with Crippen molar-refractivity contribution in [1.82, 2.24) is 5.32 Å². The lowest BCUT2D eigenvalue weighted by Gasteiger charge is -2.27. The Morgan fingerprint density at radius 1 is 1.47 bits per heavy atom. The molecule has 0 aromatic heterocycles. The minimum Gasteiger partial charge on any atom is -0.466 e. The highest BCUT2D eigenvalue weighted by Gasteiger charge is 2.23. The molecule has 0 rings (SSSR count). The van der Waals surface area contributed by atoms with Crippen LogP contribution in [-0.2, 0) is 14.3 Å². The first-order valence-corrected chi connectivity index (χ1v) is 5.33. The van der Waals surface area contributed by atoms with Gasteiger partial charge in [0.1, 0.15) is 0 Å². The van der Waals surface area contributed by atoms with Gasteiger partial charge in [0.2, 0.25) is 0 Å². The molecule has 0 aliphatic rings. The van der Waals surface area contributed by atoms with Crippen LogP contribution in [-0.4, -0.2) is 38.4 Å². The molecular formula is C11H23NO3. The summed E-state index contributed by atoms with van der Waals surface area (Å²) < 4.78 is 10.2. The summed E-state index contributed by atoms with van der Waals surface area (Å²) in [5.74, 6) is -0.163. The van der Waals surface area contributed by atoms with Gasteiger partial charge in [0.25, 0.3) is 0 Å². The fourth-order valence-corrected chi connectivity index (χ4v) is 1.37. The normalized spacial score (nSPS) is 13.7. The minimum absolute atomic E-state index is 0.0963. The zero-order valence-corrected chi connectivity index (χ0v) is 10.4. The summed E-state index contributed by atoms with van der Waals surface area (Å²) in [6.07, 6.45) is 1.16. The van der Waals surface area contributed by atoms with E-state index in [0.717, 1.165) is 6.42 Å². The standard InChI is InChI=1S/C11H23NO3/c1-6-15-10(13)7-9(12-4)8-11(2,3)14-5/h9,12H,6-8H2,1-5H3. The smallest absolute Gasteiger partial charge is 0.307 e. The van der Waals surface area contributed by atoms with Crippen LogP contribution < -0.4 is 5.32 Å². The van der Waals surface area contributed by atoms with E-state index >= 15 is 0 Å². The number of esters is 1. The van der Waals surface area contributed by atoms with E-state index in [4.69, 9.17) is 9.47 Å².